The minimum atomic E-state index is -0.751. The van der Waals surface area contributed by atoms with Gasteiger partial charge in [0.15, 0.2) is 0 Å². The Bertz CT molecular complexity index is 492. The van der Waals surface area contributed by atoms with Gasteiger partial charge in [-0.25, -0.2) is 4.98 Å². The van der Waals surface area contributed by atoms with Crippen molar-refractivity contribution in [3.63, 3.8) is 0 Å². The van der Waals surface area contributed by atoms with E-state index < -0.39 is 5.97 Å². The predicted octanol–water partition coefficient (Wildman–Crippen LogP) is 0.559. The highest BCUT2D eigenvalue weighted by molar-refractivity contribution is 5.92. The van der Waals surface area contributed by atoms with Crippen LogP contribution >= 0.6 is 0 Å². The summed E-state index contributed by atoms with van der Waals surface area (Å²) in [5.41, 5.74) is 5.92. The number of likely N-dealkylation sites (tertiary alicyclic amines) is 1. The van der Waals surface area contributed by atoms with Crippen LogP contribution in [0.4, 0.5) is 0 Å². The molecule has 0 radical (unpaired) electrons. The Hall–Kier alpha value is -1.89. The quantitative estimate of drug-likeness (QED) is 0.798. The minimum Gasteiger partial charge on any atom is -0.481 e. The van der Waals surface area contributed by atoms with Gasteiger partial charge in [-0.1, -0.05) is 0 Å². The van der Waals surface area contributed by atoms with Gasteiger partial charge in [0.1, 0.15) is 5.69 Å². The zero-order valence-electron chi connectivity index (χ0n) is 12.1. The number of rotatable bonds is 6. The van der Waals surface area contributed by atoms with E-state index >= 15 is 0 Å². The number of carboxylic acids is 1. The van der Waals surface area contributed by atoms with Crippen molar-refractivity contribution in [3.8, 4) is 0 Å². The first kappa shape index (κ1) is 15.5. The lowest BCUT2D eigenvalue weighted by Gasteiger charge is -2.31. The maximum atomic E-state index is 12.3. The highest BCUT2D eigenvalue weighted by atomic mass is 16.4. The average Bonchev–Trinajstić information content (AvgIpc) is 2.94. The van der Waals surface area contributed by atoms with Crippen molar-refractivity contribution in [1.82, 2.24) is 14.5 Å². The molecule has 1 aliphatic heterocycles. The molecule has 0 aliphatic carbocycles. The van der Waals surface area contributed by atoms with Gasteiger partial charge in [0.2, 0.25) is 0 Å². The molecule has 0 atom stereocenters. The summed E-state index contributed by atoms with van der Waals surface area (Å²) < 4.78 is 1.81. The normalized spacial score (nSPS) is 16.1. The van der Waals surface area contributed by atoms with E-state index in [1.54, 1.807) is 17.4 Å². The number of aromatic nitrogens is 2. The molecule has 2 rings (SSSR count). The number of nitrogens with zero attached hydrogens (tertiary/aromatic N) is 3. The number of amides is 1. The lowest BCUT2D eigenvalue weighted by atomic mass is 9.92. The van der Waals surface area contributed by atoms with Gasteiger partial charge < -0.3 is 20.3 Å². The maximum absolute atomic E-state index is 12.3. The Labute approximate surface area is 123 Å². The second-order valence-corrected chi connectivity index (χ2v) is 5.45. The molecule has 7 heteroatoms. The van der Waals surface area contributed by atoms with E-state index in [1.165, 1.54) is 0 Å². The van der Waals surface area contributed by atoms with Crippen LogP contribution in [0.2, 0.25) is 0 Å². The maximum Gasteiger partial charge on any atom is 0.303 e. The average molecular weight is 294 g/mol. The van der Waals surface area contributed by atoms with Crippen molar-refractivity contribution in [3.05, 3.63) is 18.2 Å². The smallest absolute Gasteiger partial charge is 0.303 e. The summed E-state index contributed by atoms with van der Waals surface area (Å²) in [6.07, 6.45) is 5.99. The van der Waals surface area contributed by atoms with E-state index in [0.717, 1.165) is 12.8 Å². The van der Waals surface area contributed by atoms with E-state index in [4.69, 9.17) is 10.8 Å². The lowest BCUT2D eigenvalue weighted by Crippen LogP contribution is -2.38. The van der Waals surface area contributed by atoms with Crippen LogP contribution in [0.25, 0.3) is 0 Å². The molecule has 1 saturated heterocycles. The number of piperidine rings is 1. The number of aliphatic carboxylic acids is 1. The third-order valence-electron chi connectivity index (χ3n) is 3.91. The van der Waals surface area contributed by atoms with E-state index in [2.05, 4.69) is 4.98 Å². The van der Waals surface area contributed by atoms with Crippen LogP contribution in [-0.2, 0) is 11.3 Å². The van der Waals surface area contributed by atoms with Crippen LogP contribution < -0.4 is 5.73 Å². The predicted molar refractivity (Wildman–Crippen MR) is 76.8 cm³/mol. The van der Waals surface area contributed by atoms with Gasteiger partial charge in [0.25, 0.3) is 5.91 Å². The van der Waals surface area contributed by atoms with Gasteiger partial charge in [0.05, 0.1) is 6.33 Å². The SMILES string of the molecule is NCCn1cnc(C(=O)N2CCC(CCC(=O)O)CC2)c1. The molecule has 0 saturated carbocycles. The van der Waals surface area contributed by atoms with Gasteiger partial charge in [-0.05, 0) is 25.2 Å². The van der Waals surface area contributed by atoms with Crippen LogP contribution in [0, 0.1) is 5.92 Å². The van der Waals surface area contributed by atoms with Crippen molar-refractivity contribution >= 4 is 11.9 Å². The molecule has 1 aromatic rings. The molecule has 7 nitrogen and oxygen atoms in total. The van der Waals surface area contributed by atoms with Crippen LogP contribution in [0.5, 0.6) is 0 Å². The molecule has 21 heavy (non-hydrogen) atoms. The lowest BCUT2D eigenvalue weighted by molar-refractivity contribution is -0.137. The Morgan fingerprint density at radius 3 is 2.71 bits per heavy atom. The summed E-state index contributed by atoms with van der Waals surface area (Å²) in [5.74, 6) is -0.402. The van der Waals surface area contributed by atoms with Gasteiger partial charge in [-0.2, -0.15) is 0 Å². The first-order chi connectivity index (χ1) is 10.1. The number of nitrogens with two attached hydrogens (primary N) is 1. The Morgan fingerprint density at radius 2 is 2.10 bits per heavy atom. The molecule has 0 bridgehead atoms. The molecule has 2 heterocycles. The van der Waals surface area contributed by atoms with Crippen molar-refractivity contribution in [2.45, 2.75) is 32.2 Å². The van der Waals surface area contributed by atoms with Crippen molar-refractivity contribution in [2.24, 2.45) is 11.7 Å². The van der Waals surface area contributed by atoms with Crippen molar-refractivity contribution < 1.29 is 14.7 Å². The third-order valence-corrected chi connectivity index (χ3v) is 3.91. The standard InChI is InChI=1S/C14H22N4O3/c15-5-8-17-9-12(16-10-17)14(21)18-6-3-11(4-7-18)1-2-13(19)20/h9-11H,1-8,15H2,(H,19,20). The number of hydrogen-bond donors (Lipinski definition) is 2. The molecule has 3 N–H and O–H groups in total. The second kappa shape index (κ2) is 7.21. The van der Waals surface area contributed by atoms with Crippen molar-refractivity contribution in [2.75, 3.05) is 19.6 Å². The van der Waals surface area contributed by atoms with E-state index in [9.17, 15) is 9.59 Å². The summed E-state index contributed by atoms with van der Waals surface area (Å²) in [4.78, 5) is 28.8. The Morgan fingerprint density at radius 1 is 1.38 bits per heavy atom. The number of imidazole rings is 1. The first-order valence-corrected chi connectivity index (χ1v) is 7.33. The summed E-state index contributed by atoms with van der Waals surface area (Å²) >= 11 is 0. The van der Waals surface area contributed by atoms with Gasteiger partial charge in [-0.15, -0.1) is 0 Å². The molecule has 0 unspecified atom stereocenters. The molecule has 1 aliphatic rings. The highest BCUT2D eigenvalue weighted by Gasteiger charge is 2.25. The molecular weight excluding hydrogens is 272 g/mol. The zero-order chi connectivity index (χ0) is 15.2. The summed E-state index contributed by atoms with van der Waals surface area (Å²) in [7, 11) is 0. The number of carbonyl (C=O) groups excluding carboxylic acids is 1. The van der Waals surface area contributed by atoms with Crippen LogP contribution in [-0.4, -0.2) is 51.1 Å². The van der Waals surface area contributed by atoms with E-state index in [-0.39, 0.29) is 12.3 Å². The monoisotopic (exact) mass is 294 g/mol. The number of carbonyl (C=O) groups is 2. The summed E-state index contributed by atoms with van der Waals surface area (Å²) in [5, 5.41) is 8.70. The minimum absolute atomic E-state index is 0.0533. The first-order valence-electron chi connectivity index (χ1n) is 7.33. The molecule has 0 spiro atoms. The molecular formula is C14H22N4O3. The topological polar surface area (TPSA) is 101 Å². The number of carboxylic acid groups (broad SMARTS) is 1. The van der Waals surface area contributed by atoms with Gasteiger partial charge >= 0.3 is 5.97 Å². The Balaban J connectivity index is 1.83. The van der Waals surface area contributed by atoms with Gasteiger partial charge in [0, 0.05) is 38.8 Å². The molecule has 1 fully saturated rings. The van der Waals surface area contributed by atoms with E-state index in [1.807, 2.05) is 4.57 Å². The fraction of sp³-hybridized carbons (Fsp3) is 0.643. The summed E-state index contributed by atoms with van der Waals surface area (Å²) in [6, 6.07) is 0. The largest absolute Gasteiger partial charge is 0.481 e. The van der Waals surface area contributed by atoms with Gasteiger partial charge in [-0.3, -0.25) is 9.59 Å². The van der Waals surface area contributed by atoms with Crippen LogP contribution in [0.15, 0.2) is 12.5 Å². The fourth-order valence-electron chi connectivity index (χ4n) is 2.66. The fourth-order valence-corrected chi connectivity index (χ4v) is 2.66. The van der Waals surface area contributed by atoms with Crippen LogP contribution in [0.3, 0.4) is 0 Å². The number of hydrogen-bond acceptors (Lipinski definition) is 4. The van der Waals surface area contributed by atoms with E-state index in [0.29, 0.717) is 44.2 Å². The zero-order valence-corrected chi connectivity index (χ0v) is 12.1. The summed E-state index contributed by atoms with van der Waals surface area (Å²) in [6.45, 7) is 2.51. The Kier molecular flexibility index (Phi) is 5.32. The molecule has 1 aromatic heterocycles. The molecule has 1 amide bonds. The highest BCUT2D eigenvalue weighted by Crippen LogP contribution is 2.22. The van der Waals surface area contributed by atoms with Crippen molar-refractivity contribution in [1.29, 1.82) is 0 Å². The molecule has 0 aromatic carbocycles. The third kappa shape index (κ3) is 4.29. The van der Waals surface area contributed by atoms with Crippen LogP contribution in [0.1, 0.15) is 36.2 Å². The molecule has 116 valence electrons. The second-order valence-electron chi connectivity index (χ2n) is 5.45.